The number of hydrogen-bond acceptors (Lipinski definition) is 4. The van der Waals surface area contributed by atoms with Crippen LogP contribution in [0.4, 0.5) is 0 Å². The summed E-state index contributed by atoms with van der Waals surface area (Å²) in [6, 6.07) is 1.80. The molecule has 19 heavy (non-hydrogen) atoms. The van der Waals surface area contributed by atoms with Gasteiger partial charge in [0.15, 0.2) is 0 Å². The van der Waals surface area contributed by atoms with Gasteiger partial charge < -0.3 is 5.11 Å². The first-order valence-corrected chi connectivity index (χ1v) is 7.60. The van der Waals surface area contributed by atoms with Gasteiger partial charge >= 0.3 is 0 Å². The highest BCUT2D eigenvalue weighted by molar-refractivity contribution is 7.16. The normalized spacial score (nSPS) is 27.8. The molecule has 0 amide bonds. The molecule has 1 fully saturated rings. The Morgan fingerprint density at radius 3 is 3.00 bits per heavy atom. The fourth-order valence-electron chi connectivity index (χ4n) is 2.78. The Morgan fingerprint density at radius 1 is 1.53 bits per heavy atom. The Bertz CT molecular complexity index is 638. The van der Waals surface area contributed by atoms with Gasteiger partial charge in [0.25, 0.3) is 5.56 Å². The first-order chi connectivity index (χ1) is 9.07. The standard InChI is InChI=1S/C14H18N2O2S/c1-10-2-5-14(18,6-3-10)8-16-9-15-12-11(13(16)17)4-7-19-12/h4,7,9-10,18H,2-3,5-6,8H2,1H3. The van der Waals surface area contributed by atoms with Gasteiger partial charge in [-0.25, -0.2) is 4.98 Å². The Morgan fingerprint density at radius 2 is 2.26 bits per heavy atom. The smallest absolute Gasteiger partial charge is 0.262 e. The largest absolute Gasteiger partial charge is 0.388 e. The van der Waals surface area contributed by atoms with E-state index < -0.39 is 5.60 Å². The third-order valence-electron chi connectivity index (χ3n) is 4.12. The van der Waals surface area contributed by atoms with E-state index in [1.807, 2.05) is 5.38 Å². The van der Waals surface area contributed by atoms with E-state index in [4.69, 9.17) is 0 Å². The molecule has 0 saturated heterocycles. The topological polar surface area (TPSA) is 55.1 Å². The van der Waals surface area contributed by atoms with E-state index in [2.05, 4.69) is 11.9 Å². The third kappa shape index (κ3) is 2.44. The van der Waals surface area contributed by atoms with Crippen molar-refractivity contribution in [3.05, 3.63) is 28.1 Å². The molecule has 1 aliphatic rings. The minimum Gasteiger partial charge on any atom is -0.388 e. The Labute approximate surface area is 115 Å². The van der Waals surface area contributed by atoms with Gasteiger partial charge in [0.05, 0.1) is 23.9 Å². The molecule has 102 valence electrons. The number of aliphatic hydroxyl groups is 1. The van der Waals surface area contributed by atoms with Gasteiger partial charge in [0, 0.05) is 0 Å². The quantitative estimate of drug-likeness (QED) is 0.917. The van der Waals surface area contributed by atoms with Gasteiger partial charge in [-0.15, -0.1) is 11.3 Å². The van der Waals surface area contributed by atoms with Crippen molar-refractivity contribution in [2.24, 2.45) is 5.92 Å². The maximum atomic E-state index is 12.3. The third-order valence-corrected chi connectivity index (χ3v) is 4.94. The van der Waals surface area contributed by atoms with E-state index in [0.29, 0.717) is 17.8 Å². The van der Waals surface area contributed by atoms with Crippen molar-refractivity contribution < 1.29 is 5.11 Å². The van der Waals surface area contributed by atoms with Gasteiger partial charge in [-0.1, -0.05) is 6.92 Å². The second kappa shape index (κ2) is 4.72. The maximum absolute atomic E-state index is 12.3. The maximum Gasteiger partial charge on any atom is 0.262 e. The first-order valence-electron chi connectivity index (χ1n) is 6.72. The van der Waals surface area contributed by atoms with Crippen molar-refractivity contribution in [1.29, 1.82) is 0 Å². The van der Waals surface area contributed by atoms with Crippen LogP contribution in [0, 0.1) is 5.92 Å². The number of nitrogens with zero attached hydrogens (tertiary/aromatic N) is 2. The number of thiophene rings is 1. The van der Waals surface area contributed by atoms with Crippen LogP contribution in [0.1, 0.15) is 32.6 Å². The minimum atomic E-state index is -0.748. The van der Waals surface area contributed by atoms with E-state index in [0.717, 1.165) is 30.5 Å². The fourth-order valence-corrected chi connectivity index (χ4v) is 3.50. The predicted octanol–water partition coefficient (Wildman–Crippen LogP) is 2.40. The van der Waals surface area contributed by atoms with Crippen LogP contribution in [-0.2, 0) is 6.54 Å². The molecule has 1 N–H and O–H groups in total. The Balaban J connectivity index is 1.89. The molecule has 3 rings (SSSR count). The van der Waals surface area contributed by atoms with Gasteiger partial charge in [-0.2, -0.15) is 0 Å². The molecule has 2 aromatic heterocycles. The van der Waals surface area contributed by atoms with Crippen molar-refractivity contribution in [2.45, 2.75) is 44.8 Å². The van der Waals surface area contributed by atoms with Crippen molar-refractivity contribution in [1.82, 2.24) is 9.55 Å². The number of fused-ring (bicyclic) bond motifs is 1. The van der Waals surface area contributed by atoms with E-state index in [1.165, 1.54) is 11.3 Å². The second-order valence-electron chi connectivity index (χ2n) is 5.72. The van der Waals surface area contributed by atoms with E-state index >= 15 is 0 Å². The highest BCUT2D eigenvalue weighted by Gasteiger charge is 2.32. The molecular formula is C14H18N2O2S. The van der Waals surface area contributed by atoms with Crippen LogP contribution in [0.3, 0.4) is 0 Å². The summed E-state index contributed by atoms with van der Waals surface area (Å²) in [7, 11) is 0. The highest BCUT2D eigenvalue weighted by atomic mass is 32.1. The monoisotopic (exact) mass is 278 g/mol. The van der Waals surface area contributed by atoms with Crippen LogP contribution < -0.4 is 5.56 Å². The summed E-state index contributed by atoms with van der Waals surface area (Å²) in [5.74, 6) is 0.675. The van der Waals surface area contributed by atoms with Crippen LogP contribution >= 0.6 is 11.3 Å². The zero-order chi connectivity index (χ0) is 13.5. The molecule has 1 aliphatic carbocycles. The molecule has 0 aromatic carbocycles. The molecule has 2 aromatic rings. The molecule has 0 bridgehead atoms. The molecule has 0 unspecified atom stereocenters. The van der Waals surface area contributed by atoms with Crippen molar-refractivity contribution in [2.75, 3.05) is 0 Å². The average Bonchev–Trinajstić information content (AvgIpc) is 2.86. The van der Waals surface area contributed by atoms with E-state index in [1.54, 1.807) is 17.0 Å². The van der Waals surface area contributed by atoms with Crippen LogP contribution in [0.25, 0.3) is 10.2 Å². The van der Waals surface area contributed by atoms with E-state index in [-0.39, 0.29) is 5.56 Å². The molecule has 0 radical (unpaired) electrons. The molecule has 0 atom stereocenters. The SMILES string of the molecule is CC1CCC(O)(Cn2cnc3sccc3c2=O)CC1. The number of aromatic nitrogens is 2. The summed E-state index contributed by atoms with van der Waals surface area (Å²) < 4.78 is 1.56. The molecule has 1 saturated carbocycles. The summed E-state index contributed by atoms with van der Waals surface area (Å²) in [5, 5.41) is 13.1. The predicted molar refractivity (Wildman–Crippen MR) is 76.5 cm³/mol. The Hall–Kier alpha value is -1.20. The van der Waals surface area contributed by atoms with Crippen LogP contribution in [0.2, 0.25) is 0 Å². The van der Waals surface area contributed by atoms with Crippen LogP contribution in [-0.4, -0.2) is 20.3 Å². The molecule has 4 nitrogen and oxygen atoms in total. The lowest BCUT2D eigenvalue weighted by molar-refractivity contribution is -0.0225. The lowest BCUT2D eigenvalue weighted by Gasteiger charge is -2.35. The first kappa shape index (κ1) is 12.8. The molecule has 2 heterocycles. The lowest BCUT2D eigenvalue weighted by Crippen LogP contribution is -2.40. The summed E-state index contributed by atoms with van der Waals surface area (Å²) >= 11 is 1.47. The van der Waals surface area contributed by atoms with Crippen molar-refractivity contribution in [3.63, 3.8) is 0 Å². The van der Waals surface area contributed by atoms with Gasteiger partial charge in [-0.3, -0.25) is 9.36 Å². The molecule has 5 heteroatoms. The van der Waals surface area contributed by atoms with Crippen LogP contribution in [0.15, 0.2) is 22.6 Å². The van der Waals surface area contributed by atoms with Gasteiger partial charge in [0.2, 0.25) is 0 Å². The molecular weight excluding hydrogens is 260 g/mol. The zero-order valence-corrected chi connectivity index (χ0v) is 11.8. The summed E-state index contributed by atoms with van der Waals surface area (Å²) in [6.07, 6.45) is 5.15. The summed E-state index contributed by atoms with van der Waals surface area (Å²) in [6.45, 7) is 2.57. The fraction of sp³-hybridized carbons (Fsp3) is 0.571. The van der Waals surface area contributed by atoms with Gasteiger partial charge in [0.1, 0.15) is 4.83 Å². The summed E-state index contributed by atoms with van der Waals surface area (Å²) in [5.41, 5.74) is -0.792. The molecule has 0 aliphatic heterocycles. The number of rotatable bonds is 2. The highest BCUT2D eigenvalue weighted by Crippen LogP contribution is 2.32. The van der Waals surface area contributed by atoms with Gasteiger partial charge in [-0.05, 0) is 43.0 Å². The lowest BCUT2D eigenvalue weighted by atomic mass is 9.79. The zero-order valence-electron chi connectivity index (χ0n) is 11.0. The van der Waals surface area contributed by atoms with E-state index in [9.17, 15) is 9.90 Å². The van der Waals surface area contributed by atoms with Crippen molar-refractivity contribution >= 4 is 21.6 Å². The average molecular weight is 278 g/mol. The minimum absolute atomic E-state index is 0.0432. The van der Waals surface area contributed by atoms with Crippen LogP contribution in [0.5, 0.6) is 0 Å². The Kier molecular flexibility index (Phi) is 3.19. The molecule has 0 spiro atoms. The summed E-state index contributed by atoms with van der Waals surface area (Å²) in [4.78, 5) is 17.3. The second-order valence-corrected chi connectivity index (χ2v) is 6.62. The number of hydrogen-bond donors (Lipinski definition) is 1. The van der Waals surface area contributed by atoms with Crippen molar-refractivity contribution in [3.8, 4) is 0 Å².